The van der Waals surface area contributed by atoms with Crippen LogP contribution in [0, 0.1) is 0 Å². The van der Waals surface area contributed by atoms with E-state index in [0.29, 0.717) is 32.7 Å². The van der Waals surface area contributed by atoms with Crippen molar-refractivity contribution in [2.45, 2.75) is 19.9 Å². The third kappa shape index (κ3) is 3.97. The van der Waals surface area contributed by atoms with Gasteiger partial charge in [0, 0.05) is 58.6 Å². The summed E-state index contributed by atoms with van der Waals surface area (Å²) in [6, 6.07) is 1.83. The second kappa shape index (κ2) is 6.93. The number of hydrogen-bond donors (Lipinski definition) is 1. The van der Waals surface area contributed by atoms with E-state index in [1.807, 2.05) is 16.9 Å². The molecule has 1 aromatic heterocycles. The zero-order chi connectivity index (χ0) is 14.4. The minimum absolute atomic E-state index is 0.0475. The lowest BCUT2D eigenvalue weighted by atomic mass is 10.3. The van der Waals surface area contributed by atoms with Gasteiger partial charge in [-0.2, -0.15) is 5.10 Å². The lowest BCUT2D eigenvalue weighted by molar-refractivity contribution is -0.130. The minimum Gasteiger partial charge on any atom is -0.339 e. The van der Waals surface area contributed by atoms with Crippen LogP contribution in [0.1, 0.15) is 13.3 Å². The molecule has 1 N–H and O–H groups in total. The normalized spacial score (nSPS) is 15.2. The summed E-state index contributed by atoms with van der Waals surface area (Å²) in [5, 5.41) is 7.00. The summed E-state index contributed by atoms with van der Waals surface area (Å²) < 4.78 is 1.85. The number of urea groups is 1. The maximum Gasteiger partial charge on any atom is 0.317 e. The smallest absolute Gasteiger partial charge is 0.317 e. The molecule has 7 heteroatoms. The van der Waals surface area contributed by atoms with Gasteiger partial charge in [0.2, 0.25) is 5.91 Å². The van der Waals surface area contributed by atoms with Gasteiger partial charge in [-0.15, -0.1) is 0 Å². The van der Waals surface area contributed by atoms with Crippen molar-refractivity contribution in [2.75, 3.05) is 32.7 Å². The van der Waals surface area contributed by atoms with E-state index in [2.05, 4.69) is 10.4 Å². The predicted molar refractivity (Wildman–Crippen MR) is 74.1 cm³/mol. The van der Waals surface area contributed by atoms with Crippen LogP contribution in [0.3, 0.4) is 0 Å². The second-order valence-corrected chi connectivity index (χ2v) is 4.85. The van der Waals surface area contributed by atoms with Crippen molar-refractivity contribution in [1.82, 2.24) is 24.9 Å². The van der Waals surface area contributed by atoms with Crippen molar-refractivity contribution >= 4 is 11.9 Å². The largest absolute Gasteiger partial charge is 0.339 e. The number of amides is 3. The molecular formula is C13H21N5O2. The fraction of sp³-hybridized carbons (Fsp3) is 0.615. The van der Waals surface area contributed by atoms with Crippen LogP contribution in [0.15, 0.2) is 18.5 Å². The monoisotopic (exact) mass is 279 g/mol. The molecule has 3 amide bonds. The summed E-state index contributed by atoms with van der Waals surface area (Å²) in [7, 11) is 0. The van der Waals surface area contributed by atoms with Gasteiger partial charge in [-0.3, -0.25) is 9.48 Å². The summed E-state index contributed by atoms with van der Waals surface area (Å²) in [5.41, 5.74) is 0. The van der Waals surface area contributed by atoms with E-state index in [1.165, 1.54) is 0 Å². The molecule has 0 bridgehead atoms. The van der Waals surface area contributed by atoms with E-state index in [1.54, 1.807) is 22.9 Å². The Morgan fingerprint density at radius 3 is 2.50 bits per heavy atom. The lowest BCUT2D eigenvalue weighted by Gasteiger charge is -2.34. The highest BCUT2D eigenvalue weighted by Crippen LogP contribution is 2.02. The summed E-state index contributed by atoms with van der Waals surface area (Å²) in [4.78, 5) is 26.6. The Hall–Kier alpha value is -2.05. The number of carbonyl (C=O) groups excluding carboxylic acids is 2. The van der Waals surface area contributed by atoms with Crippen LogP contribution < -0.4 is 5.32 Å². The topological polar surface area (TPSA) is 70.5 Å². The molecule has 0 atom stereocenters. The van der Waals surface area contributed by atoms with Crippen LogP contribution in [0.25, 0.3) is 0 Å². The van der Waals surface area contributed by atoms with E-state index < -0.39 is 0 Å². The Balaban J connectivity index is 1.62. The van der Waals surface area contributed by atoms with Gasteiger partial charge in [0.05, 0.1) is 0 Å². The first kappa shape index (κ1) is 14.4. The number of nitrogens with zero attached hydrogens (tertiary/aromatic N) is 4. The molecule has 0 aromatic carbocycles. The van der Waals surface area contributed by atoms with Crippen LogP contribution in [-0.4, -0.2) is 64.2 Å². The highest BCUT2D eigenvalue weighted by Gasteiger charge is 2.21. The number of rotatable bonds is 4. The van der Waals surface area contributed by atoms with Crippen LogP contribution in [0.4, 0.5) is 4.79 Å². The van der Waals surface area contributed by atoms with E-state index in [4.69, 9.17) is 0 Å². The van der Waals surface area contributed by atoms with E-state index >= 15 is 0 Å². The average Bonchev–Trinajstić information content (AvgIpc) is 2.96. The molecule has 0 unspecified atom stereocenters. The van der Waals surface area contributed by atoms with Gasteiger partial charge in [-0.05, 0) is 12.5 Å². The van der Waals surface area contributed by atoms with Gasteiger partial charge in [-0.25, -0.2) is 4.79 Å². The molecule has 1 aromatic rings. The van der Waals surface area contributed by atoms with Crippen LogP contribution in [0.5, 0.6) is 0 Å². The van der Waals surface area contributed by atoms with Crippen molar-refractivity contribution in [3.05, 3.63) is 18.5 Å². The number of carbonyl (C=O) groups is 2. The molecule has 1 saturated heterocycles. The van der Waals surface area contributed by atoms with Crippen LogP contribution in [-0.2, 0) is 11.3 Å². The standard InChI is InChI=1S/C13H21N5O2/c1-12(19)16-8-10-17(11-9-16)13(20)14-4-2-6-18-7-3-5-15-18/h3,5,7H,2,4,6,8-11H2,1H3,(H,14,20). The van der Waals surface area contributed by atoms with Crippen molar-refractivity contribution in [1.29, 1.82) is 0 Å². The number of hydrogen-bond acceptors (Lipinski definition) is 3. The van der Waals surface area contributed by atoms with Gasteiger partial charge >= 0.3 is 6.03 Å². The average molecular weight is 279 g/mol. The fourth-order valence-corrected chi connectivity index (χ4v) is 2.21. The molecule has 1 aliphatic rings. The van der Waals surface area contributed by atoms with Crippen molar-refractivity contribution in [3.63, 3.8) is 0 Å². The Morgan fingerprint density at radius 2 is 1.90 bits per heavy atom. The van der Waals surface area contributed by atoms with E-state index in [9.17, 15) is 9.59 Å². The Labute approximate surface area is 118 Å². The Kier molecular flexibility index (Phi) is 4.97. The third-order valence-electron chi connectivity index (χ3n) is 3.41. The summed E-state index contributed by atoms with van der Waals surface area (Å²) >= 11 is 0. The molecule has 20 heavy (non-hydrogen) atoms. The highest BCUT2D eigenvalue weighted by atomic mass is 16.2. The van der Waals surface area contributed by atoms with Crippen LogP contribution in [0.2, 0.25) is 0 Å². The fourth-order valence-electron chi connectivity index (χ4n) is 2.21. The van der Waals surface area contributed by atoms with Gasteiger partial charge in [0.1, 0.15) is 0 Å². The third-order valence-corrected chi connectivity index (χ3v) is 3.41. The van der Waals surface area contributed by atoms with Crippen molar-refractivity contribution in [3.8, 4) is 0 Å². The molecule has 7 nitrogen and oxygen atoms in total. The zero-order valence-corrected chi connectivity index (χ0v) is 11.8. The Morgan fingerprint density at radius 1 is 1.20 bits per heavy atom. The van der Waals surface area contributed by atoms with Gasteiger partial charge in [0.25, 0.3) is 0 Å². The van der Waals surface area contributed by atoms with E-state index in [-0.39, 0.29) is 11.9 Å². The SMILES string of the molecule is CC(=O)N1CCN(C(=O)NCCCn2cccn2)CC1. The first-order valence-electron chi connectivity index (χ1n) is 6.92. The van der Waals surface area contributed by atoms with Crippen molar-refractivity contribution < 1.29 is 9.59 Å². The number of nitrogens with one attached hydrogen (secondary N) is 1. The number of piperazine rings is 1. The molecular weight excluding hydrogens is 258 g/mol. The molecule has 2 heterocycles. The molecule has 1 fully saturated rings. The minimum atomic E-state index is -0.0475. The second-order valence-electron chi connectivity index (χ2n) is 4.85. The molecule has 1 aliphatic heterocycles. The quantitative estimate of drug-likeness (QED) is 0.797. The summed E-state index contributed by atoms with van der Waals surface area (Å²) in [6.45, 7) is 5.43. The number of aromatic nitrogens is 2. The van der Waals surface area contributed by atoms with Gasteiger partial charge < -0.3 is 15.1 Å². The number of aryl methyl sites for hydroxylation is 1. The molecule has 2 rings (SSSR count). The van der Waals surface area contributed by atoms with Crippen molar-refractivity contribution in [2.24, 2.45) is 0 Å². The zero-order valence-electron chi connectivity index (χ0n) is 11.8. The highest BCUT2D eigenvalue weighted by molar-refractivity contribution is 5.76. The van der Waals surface area contributed by atoms with Gasteiger partial charge in [-0.1, -0.05) is 0 Å². The molecule has 0 radical (unpaired) electrons. The predicted octanol–water partition coefficient (Wildman–Crippen LogP) is 0.147. The maximum absolute atomic E-state index is 11.9. The first-order chi connectivity index (χ1) is 9.66. The van der Waals surface area contributed by atoms with E-state index in [0.717, 1.165) is 13.0 Å². The molecule has 0 spiro atoms. The molecule has 0 aliphatic carbocycles. The Bertz CT molecular complexity index is 438. The van der Waals surface area contributed by atoms with Crippen LogP contribution >= 0.6 is 0 Å². The first-order valence-corrected chi connectivity index (χ1v) is 6.92. The molecule has 110 valence electrons. The summed E-state index contributed by atoms with van der Waals surface area (Å²) in [6.07, 6.45) is 4.50. The molecule has 0 saturated carbocycles. The summed E-state index contributed by atoms with van der Waals surface area (Å²) in [5.74, 6) is 0.0734. The maximum atomic E-state index is 11.9. The lowest BCUT2D eigenvalue weighted by Crippen LogP contribution is -2.52. The van der Waals surface area contributed by atoms with Gasteiger partial charge in [0.15, 0.2) is 0 Å².